The molecule has 0 unspecified atom stereocenters. The highest BCUT2D eigenvalue weighted by atomic mass is 19.1. The Balaban J connectivity index is 2.04. The van der Waals surface area contributed by atoms with Crippen LogP contribution in [0.1, 0.15) is 0 Å². The zero-order valence-electron chi connectivity index (χ0n) is 8.50. The molecule has 3 rings (SSSR count). The second-order valence-corrected chi connectivity index (χ2v) is 3.27. The molecule has 6 heteroatoms. The molecule has 3 aromatic rings. The van der Waals surface area contributed by atoms with Crippen molar-refractivity contribution in [2.45, 2.75) is 0 Å². The summed E-state index contributed by atoms with van der Waals surface area (Å²) in [6.45, 7) is 0. The van der Waals surface area contributed by atoms with Crippen molar-refractivity contribution in [1.82, 2.24) is 15.2 Å². The lowest BCUT2D eigenvalue weighted by Gasteiger charge is -1.94. The van der Waals surface area contributed by atoms with Gasteiger partial charge in [0.15, 0.2) is 0 Å². The molecule has 0 aliphatic heterocycles. The normalized spacial score (nSPS) is 10.6. The van der Waals surface area contributed by atoms with Crippen molar-refractivity contribution < 1.29 is 13.2 Å². The number of halogens is 1. The summed E-state index contributed by atoms with van der Waals surface area (Å²) in [5.74, 6) is -0.279. The number of rotatable bonds is 2. The molecule has 0 amide bonds. The van der Waals surface area contributed by atoms with E-state index in [1.54, 1.807) is 12.1 Å². The van der Waals surface area contributed by atoms with Crippen molar-refractivity contribution in [2.75, 3.05) is 0 Å². The van der Waals surface area contributed by atoms with E-state index < -0.39 is 5.95 Å². The van der Waals surface area contributed by atoms with Crippen molar-refractivity contribution in [3.05, 3.63) is 42.9 Å². The maximum Gasteiger partial charge on any atom is 0.252 e. The minimum atomic E-state index is -0.644. The highest BCUT2D eigenvalue weighted by molar-refractivity contribution is 5.56. The first-order valence-corrected chi connectivity index (χ1v) is 4.81. The zero-order chi connectivity index (χ0) is 11.7. The van der Waals surface area contributed by atoms with Gasteiger partial charge >= 0.3 is 0 Å². The van der Waals surface area contributed by atoms with Crippen LogP contribution in [-0.4, -0.2) is 15.2 Å². The van der Waals surface area contributed by atoms with Crippen LogP contribution in [0.5, 0.6) is 0 Å². The van der Waals surface area contributed by atoms with Crippen LogP contribution in [0.2, 0.25) is 0 Å². The molecule has 0 saturated heterocycles. The summed E-state index contributed by atoms with van der Waals surface area (Å²) in [5.41, 5.74) is 0.822. The van der Waals surface area contributed by atoms with Gasteiger partial charge in [-0.1, -0.05) is 0 Å². The number of aromatic nitrogens is 3. The Hall–Kier alpha value is -2.50. The molecule has 0 aliphatic rings. The van der Waals surface area contributed by atoms with Gasteiger partial charge in [-0.25, -0.2) is 4.98 Å². The summed E-state index contributed by atoms with van der Waals surface area (Å²) in [7, 11) is 0. The summed E-state index contributed by atoms with van der Waals surface area (Å²) in [6.07, 6.45) is 4.31. The van der Waals surface area contributed by atoms with Crippen LogP contribution in [0, 0.1) is 5.95 Å². The maximum atomic E-state index is 13.4. The first-order chi connectivity index (χ1) is 8.34. The molecular weight excluding hydrogens is 225 g/mol. The van der Waals surface area contributed by atoms with Crippen LogP contribution < -0.4 is 0 Å². The van der Waals surface area contributed by atoms with Gasteiger partial charge in [-0.3, -0.25) is 0 Å². The topological polar surface area (TPSA) is 65.0 Å². The number of nitrogens with zero attached hydrogens (tertiary/aromatic N) is 3. The highest BCUT2D eigenvalue weighted by Gasteiger charge is 2.14. The number of hydrogen-bond acceptors (Lipinski definition) is 5. The van der Waals surface area contributed by atoms with Crippen molar-refractivity contribution in [2.24, 2.45) is 0 Å². The van der Waals surface area contributed by atoms with Gasteiger partial charge in [-0.15, -0.1) is 10.2 Å². The third-order valence-corrected chi connectivity index (χ3v) is 2.18. The van der Waals surface area contributed by atoms with E-state index in [0.29, 0.717) is 5.56 Å². The monoisotopic (exact) mass is 231 g/mol. The summed E-state index contributed by atoms with van der Waals surface area (Å²) in [5, 5.41) is 7.57. The van der Waals surface area contributed by atoms with E-state index in [4.69, 9.17) is 8.83 Å². The number of hydrogen-bond donors (Lipinski definition) is 0. The average Bonchev–Trinajstić information content (AvgIpc) is 3.00. The van der Waals surface area contributed by atoms with Gasteiger partial charge in [0.05, 0.1) is 17.4 Å². The Kier molecular flexibility index (Phi) is 2.18. The maximum absolute atomic E-state index is 13.4. The molecule has 0 bridgehead atoms. The summed E-state index contributed by atoms with van der Waals surface area (Å²) >= 11 is 0. The fraction of sp³-hybridized carbons (Fsp3) is 0. The van der Waals surface area contributed by atoms with E-state index in [1.807, 2.05) is 0 Å². The Bertz CT molecular complexity index is 634. The van der Waals surface area contributed by atoms with Crippen LogP contribution in [0.4, 0.5) is 4.39 Å². The summed E-state index contributed by atoms with van der Waals surface area (Å²) in [6, 6.07) is 4.80. The van der Waals surface area contributed by atoms with Crippen molar-refractivity contribution in [3.63, 3.8) is 0 Å². The van der Waals surface area contributed by atoms with Gasteiger partial charge in [0.25, 0.3) is 11.8 Å². The Morgan fingerprint density at radius 2 is 2.00 bits per heavy atom. The van der Waals surface area contributed by atoms with Gasteiger partial charge in [0.1, 0.15) is 6.26 Å². The van der Waals surface area contributed by atoms with E-state index >= 15 is 0 Å². The van der Waals surface area contributed by atoms with Gasteiger partial charge in [0.2, 0.25) is 5.95 Å². The number of pyridine rings is 1. The van der Waals surface area contributed by atoms with Crippen LogP contribution >= 0.6 is 0 Å². The van der Waals surface area contributed by atoms with Crippen LogP contribution in [0.15, 0.2) is 45.8 Å². The Morgan fingerprint density at radius 1 is 1.12 bits per heavy atom. The third kappa shape index (κ3) is 1.69. The van der Waals surface area contributed by atoms with Crippen molar-refractivity contribution in [1.29, 1.82) is 0 Å². The van der Waals surface area contributed by atoms with Crippen molar-refractivity contribution in [3.8, 4) is 22.9 Å². The van der Waals surface area contributed by atoms with Gasteiger partial charge < -0.3 is 8.83 Å². The lowest BCUT2D eigenvalue weighted by atomic mass is 10.3. The minimum Gasteiger partial charge on any atom is -0.472 e. The van der Waals surface area contributed by atoms with E-state index in [9.17, 15) is 4.39 Å². The highest BCUT2D eigenvalue weighted by Crippen LogP contribution is 2.24. The molecule has 0 saturated carbocycles. The van der Waals surface area contributed by atoms with Crippen LogP contribution in [0.3, 0.4) is 0 Å². The zero-order valence-corrected chi connectivity index (χ0v) is 8.50. The lowest BCUT2D eigenvalue weighted by molar-refractivity contribution is 0.550. The molecule has 0 atom stereocenters. The molecule has 0 radical (unpaired) electrons. The fourth-order valence-electron chi connectivity index (χ4n) is 1.38. The Morgan fingerprint density at radius 3 is 2.76 bits per heavy atom. The molecule has 0 fully saturated rings. The van der Waals surface area contributed by atoms with E-state index in [-0.39, 0.29) is 17.3 Å². The molecular formula is C11H6FN3O2. The van der Waals surface area contributed by atoms with Crippen LogP contribution in [-0.2, 0) is 0 Å². The molecule has 3 heterocycles. The molecule has 5 nitrogen and oxygen atoms in total. The minimum absolute atomic E-state index is 0.0896. The second-order valence-electron chi connectivity index (χ2n) is 3.27. The predicted octanol–water partition coefficient (Wildman–Crippen LogP) is 2.53. The molecule has 0 N–H and O–H groups in total. The van der Waals surface area contributed by atoms with Gasteiger partial charge in [-0.2, -0.15) is 4.39 Å². The first kappa shape index (κ1) is 9.71. The molecule has 0 aliphatic carbocycles. The Labute approximate surface area is 94.9 Å². The van der Waals surface area contributed by atoms with E-state index in [1.165, 1.54) is 24.8 Å². The largest absolute Gasteiger partial charge is 0.472 e. The molecule has 84 valence electrons. The number of furan rings is 1. The molecule has 3 aromatic heterocycles. The lowest BCUT2D eigenvalue weighted by Crippen LogP contribution is -1.87. The van der Waals surface area contributed by atoms with E-state index in [0.717, 1.165) is 0 Å². The third-order valence-electron chi connectivity index (χ3n) is 2.18. The predicted molar refractivity (Wildman–Crippen MR) is 55.2 cm³/mol. The standard InChI is InChI=1S/C11H6FN3O2/c12-9-8(2-1-4-13-9)11-15-14-10(17-11)7-3-5-16-6-7/h1-6H. The SMILES string of the molecule is Fc1ncccc1-c1nnc(-c2ccoc2)o1. The smallest absolute Gasteiger partial charge is 0.252 e. The average molecular weight is 231 g/mol. The fourth-order valence-corrected chi connectivity index (χ4v) is 1.38. The van der Waals surface area contributed by atoms with Crippen LogP contribution in [0.25, 0.3) is 22.9 Å². The quantitative estimate of drug-likeness (QED) is 0.634. The first-order valence-electron chi connectivity index (χ1n) is 4.81. The summed E-state index contributed by atoms with van der Waals surface area (Å²) < 4.78 is 23.6. The molecule has 0 spiro atoms. The molecule has 0 aromatic carbocycles. The van der Waals surface area contributed by atoms with Gasteiger partial charge in [-0.05, 0) is 18.2 Å². The van der Waals surface area contributed by atoms with Crippen molar-refractivity contribution >= 4 is 0 Å². The van der Waals surface area contributed by atoms with E-state index in [2.05, 4.69) is 15.2 Å². The second kappa shape index (κ2) is 3.82. The summed E-state index contributed by atoms with van der Waals surface area (Å²) in [4.78, 5) is 3.51. The molecule has 17 heavy (non-hydrogen) atoms. The van der Waals surface area contributed by atoms with Gasteiger partial charge in [0, 0.05) is 6.20 Å².